The van der Waals surface area contributed by atoms with Gasteiger partial charge in [-0.15, -0.1) is 0 Å². The average Bonchev–Trinajstić information content (AvgIpc) is 2.59. The molecule has 3 heteroatoms. The van der Waals surface area contributed by atoms with Crippen molar-refractivity contribution in [3.05, 3.63) is 70.5 Å². The molecule has 24 heavy (non-hydrogen) atoms. The van der Waals surface area contributed by atoms with Gasteiger partial charge in [0.05, 0.1) is 0 Å². The van der Waals surface area contributed by atoms with E-state index < -0.39 is 0 Å². The molecule has 0 unspecified atom stereocenters. The van der Waals surface area contributed by atoms with Crippen LogP contribution in [0.4, 0.5) is 0 Å². The molecule has 1 N–H and O–H groups in total. The van der Waals surface area contributed by atoms with E-state index in [2.05, 4.69) is 36.2 Å². The maximum atomic E-state index is 12.3. The van der Waals surface area contributed by atoms with E-state index in [-0.39, 0.29) is 25.7 Å². The number of hydrogen-bond donors (Lipinski definition) is 1. The summed E-state index contributed by atoms with van der Waals surface area (Å²) >= 11 is 0. The number of nitrogens with one attached hydrogen (secondary N) is 1. The summed E-state index contributed by atoms with van der Waals surface area (Å²) in [6.45, 7) is 2.23. The van der Waals surface area contributed by atoms with E-state index in [4.69, 9.17) is 0 Å². The summed E-state index contributed by atoms with van der Waals surface area (Å²) in [6.07, 6.45) is 6.23. The molecule has 0 saturated heterocycles. The number of unbranched alkanes of at least 4 members (excludes halogenated alkanes) is 3. The molecule has 3 aromatic rings. The van der Waals surface area contributed by atoms with Crippen LogP contribution in [0, 0.1) is 0 Å². The normalized spacial score (nSPS) is 10.5. The molecule has 0 amide bonds. The number of fused-ring (bicyclic) bond motifs is 1. The fourth-order valence-corrected chi connectivity index (χ4v) is 2.97. The van der Waals surface area contributed by atoms with Gasteiger partial charge in [-0.1, -0.05) is 68.7 Å². The standard InChI is InChI=1S/C21H23NO.Ir/c1-2-3-4-5-8-16-11-13-17(14-12-16)19-15-18-9-6-7-10-20(18)22-21(19)23;/h6-7,9-15H,2-5,8H2,1H3,(H,22,23);/q;+3. The van der Waals surface area contributed by atoms with Gasteiger partial charge < -0.3 is 4.98 Å². The summed E-state index contributed by atoms with van der Waals surface area (Å²) in [5.74, 6) is 0. The van der Waals surface area contributed by atoms with Crippen LogP contribution in [0.2, 0.25) is 0 Å². The number of benzene rings is 2. The summed E-state index contributed by atoms with van der Waals surface area (Å²) < 4.78 is 0. The molecule has 1 aromatic heterocycles. The molecule has 0 aliphatic rings. The summed E-state index contributed by atoms with van der Waals surface area (Å²) in [6, 6.07) is 18.3. The SMILES string of the molecule is CCCCCCc1ccc(-c2cc3ccccc3[nH]c2=O)cc1.[Ir+3]. The Morgan fingerprint density at radius 1 is 0.917 bits per heavy atom. The van der Waals surface area contributed by atoms with Gasteiger partial charge >= 0.3 is 20.1 Å². The van der Waals surface area contributed by atoms with Crippen LogP contribution in [-0.4, -0.2) is 4.98 Å². The van der Waals surface area contributed by atoms with Gasteiger partial charge in [0.15, 0.2) is 0 Å². The molecule has 0 radical (unpaired) electrons. The Labute approximate surface area is 156 Å². The Bertz CT molecular complexity index is 836. The molecule has 1 heterocycles. The van der Waals surface area contributed by atoms with Gasteiger partial charge in [0, 0.05) is 11.1 Å². The van der Waals surface area contributed by atoms with Gasteiger partial charge in [-0.3, -0.25) is 4.79 Å². The molecule has 0 saturated carbocycles. The molecule has 2 aromatic carbocycles. The molecule has 0 atom stereocenters. The summed E-state index contributed by atoms with van der Waals surface area (Å²) in [5.41, 5.74) is 3.92. The van der Waals surface area contributed by atoms with Gasteiger partial charge in [0.25, 0.3) is 5.56 Å². The number of H-pyrrole nitrogens is 1. The van der Waals surface area contributed by atoms with Crippen molar-refractivity contribution in [1.82, 2.24) is 4.98 Å². The molecule has 0 aliphatic heterocycles. The second-order valence-corrected chi connectivity index (χ2v) is 6.11. The number of aryl methyl sites for hydroxylation is 1. The van der Waals surface area contributed by atoms with Crippen LogP contribution >= 0.6 is 0 Å². The van der Waals surface area contributed by atoms with E-state index in [1.165, 1.54) is 31.2 Å². The van der Waals surface area contributed by atoms with Crippen molar-refractivity contribution >= 4 is 10.9 Å². The predicted molar refractivity (Wildman–Crippen MR) is 97.9 cm³/mol. The molecule has 0 fully saturated rings. The number of rotatable bonds is 6. The van der Waals surface area contributed by atoms with E-state index >= 15 is 0 Å². The monoisotopic (exact) mass is 498 g/mol. The molecule has 0 aliphatic carbocycles. The number of aromatic amines is 1. The van der Waals surface area contributed by atoms with Crippen molar-refractivity contribution in [3.8, 4) is 11.1 Å². The first-order valence-electron chi connectivity index (χ1n) is 8.49. The molecular formula is C21H23IrNO+3. The maximum Gasteiger partial charge on any atom is 3.00 e. The second-order valence-electron chi connectivity index (χ2n) is 6.11. The third-order valence-electron chi connectivity index (χ3n) is 4.34. The van der Waals surface area contributed by atoms with Crippen LogP contribution in [0.25, 0.3) is 22.0 Å². The Morgan fingerprint density at radius 2 is 1.67 bits per heavy atom. The van der Waals surface area contributed by atoms with Crippen molar-refractivity contribution in [2.75, 3.05) is 0 Å². The minimum absolute atomic E-state index is 0. The number of aromatic nitrogens is 1. The third-order valence-corrected chi connectivity index (χ3v) is 4.34. The molecule has 2 nitrogen and oxygen atoms in total. The minimum atomic E-state index is -0.0283. The van der Waals surface area contributed by atoms with E-state index in [1.54, 1.807) is 0 Å². The Morgan fingerprint density at radius 3 is 2.42 bits per heavy atom. The summed E-state index contributed by atoms with van der Waals surface area (Å²) in [7, 11) is 0. The zero-order chi connectivity index (χ0) is 16.1. The fourth-order valence-electron chi connectivity index (χ4n) is 2.97. The van der Waals surface area contributed by atoms with E-state index in [1.807, 2.05) is 30.3 Å². The van der Waals surface area contributed by atoms with Crippen molar-refractivity contribution < 1.29 is 20.1 Å². The third kappa shape index (κ3) is 4.43. The molecular weight excluding hydrogens is 474 g/mol. The Hall–Kier alpha value is -1.70. The minimum Gasteiger partial charge on any atom is -0.321 e. The van der Waals surface area contributed by atoms with Crippen molar-refractivity contribution in [1.29, 1.82) is 0 Å². The fraction of sp³-hybridized carbons (Fsp3) is 0.286. The van der Waals surface area contributed by atoms with Gasteiger partial charge in [-0.25, -0.2) is 0 Å². The molecule has 0 bridgehead atoms. The zero-order valence-corrected chi connectivity index (χ0v) is 16.4. The van der Waals surface area contributed by atoms with Gasteiger partial charge in [0.2, 0.25) is 0 Å². The van der Waals surface area contributed by atoms with Gasteiger partial charge in [-0.05, 0) is 41.5 Å². The number of hydrogen-bond acceptors (Lipinski definition) is 1. The largest absolute Gasteiger partial charge is 3.00 e. The first-order chi connectivity index (χ1) is 11.3. The van der Waals surface area contributed by atoms with E-state index in [0.717, 1.165) is 28.5 Å². The van der Waals surface area contributed by atoms with Crippen LogP contribution < -0.4 is 5.56 Å². The van der Waals surface area contributed by atoms with E-state index in [0.29, 0.717) is 0 Å². The quantitative estimate of drug-likeness (QED) is 0.460. The zero-order valence-electron chi connectivity index (χ0n) is 14.0. The topological polar surface area (TPSA) is 32.9 Å². The van der Waals surface area contributed by atoms with Gasteiger partial charge in [0.1, 0.15) is 0 Å². The Balaban J connectivity index is 0.00000208. The number of para-hydroxylation sites is 1. The molecule has 124 valence electrons. The van der Waals surface area contributed by atoms with Gasteiger partial charge in [-0.2, -0.15) is 0 Å². The first kappa shape index (κ1) is 18.6. The average molecular weight is 498 g/mol. The predicted octanol–water partition coefficient (Wildman–Crippen LogP) is 5.32. The van der Waals surface area contributed by atoms with Crippen LogP contribution in [-0.2, 0) is 26.5 Å². The molecule has 3 rings (SSSR count). The number of pyridine rings is 1. The second kappa shape index (κ2) is 8.96. The summed E-state index contributed by atoms with van der Waals surface area (Å²) in [5, 5.41) is 1.06. The van der Waals surface area contributed by atoms with Crippen LogP contribution in [0.5, 0.6) is 0 Å². The smallest absolute Gasteiger partial charge is 0.321 e. The van der Waals surface area contributed by atoms with Crippen LogP contribution in [0.1, 0.15) is 38.2 Å². The summed E-state index contributed by atoms with van der Waals surface area (Å²) in [4.78, 5) is 15.3. The van der Waals surface area contributed by atoms with E-state index in [9.17, 15) is 4.79 Å². The van der Waals surface area contributed by atoms with Crippen molar-refractivity contribution in [2.45, 2.75) is 39.0 Å². The van der Waals surface area contributed by atoms with Crippen molar-refractivity contribution in [3.63, 3.8) is 0 Å². The van der Waals surface area contributed by atoms with Crippen molar-refractivity contribution in [2.24, 2.45) is 0 Å². The van der Waals surface area contributed by atoms with Crippen LogP contribution in [0.15, 0.2) is 59.4 Å². The maximum absolute atomic E-state index is 12.3. The van der Waals surface area contributed by atoms with Crippen LogP contribution in [0.3, 0.4) is 0 Å². The molecule has 0 spiro atoms. The first-order valence-corrected chi connectivity index (χ1v) is 8.49. The Kier molecular flexibility index (Phi) is 6.96.